The Morgan fingerprint density at radius 3 is 2.21 bits per heavy atom. The summed E-state index contributed by atoms with van der Waals surface area (Å²) in [4.78, 5) is 39.2. The van der Waals surface area contributed by atoms with Crippen molar-refractivity contribution in [2.75, 3.05) is 32.8 Å². The summed E-state index contributed by atoms with van der Waals surface area (Å²) in [5.74, 6) is -0.764. The van der Waals surface area contributed by atoms with E-state index < -0.39 is 17.8 Å². The van der Waals surface area contributed by atoms with Crippen LogP contribution in [0.4, 0.5) is 10.5 Å². The molecule has 0 unspecified atom stereocenters. The third-order valence-corrected chi connectivity index (χ3v) is 5.22. The maximum atomic E-state index is 13.3. The van der Waals surface area contributed by atoms with Gasteiger partial charge in [0.1, 0.15) is 17.1 Å². The van der Waals surface area contributed by atoms with Crippen LogP contribution in [0.2, 0.25) is 10.0 Å². The van der Waals surface area contributed by atoms with Crippen molar-refractivity contribution >= 4 is 52.8 Å². The molecule has 4 amide bonds. The minimum absolute atomic E-state index is 0.0439. The van der Waals surface area contributed by atoms with E-state index in [9.17, 15) is 14.4 Å². The van der Waals surface area contributed by atoms with Crippen molar-refractivity contribution in [3.05, 3.63) is 45.4 Å². The highest BCUT2D eigenvalue weighted by Crippen LogP contribution is 2.40. The molecule has 0 atom stereocenters. The Bertz CT molecular complexity index is 1160. The molecule has 1 aliphatic rings. The van der Waals surface area contributed by atoms with Gasteiger partial charge in [-0.3, -0.25) is 14.9 Å². The molecule has 0 saturated carbocycles. The van der Waals surface area contributed by atoms with Gasteiger partial charge in [0.25, 0.3) is 11.8 Å². The number of urea groups is 1. The standard InChI is InChI=1S/C22H20Cl2N2O7/c1-5-33-18-8-11(7-14(24)19(18)32-4)6-12-20(27)25-22(29)26(21(12)28)15-10-16(30-2)13(23)9-17(15)31-3/h6-10H,5H2,1-4H3,(H,25,27,29)/b12-6+. The van der Waals surface area contributed by atoms with E-state index in [1.807, 2.05) is 0 Å². The summed E-state index contributed by atoms with van der Waals surface area (Å²) in [6.45, 7) is 2.13. The van der Waals surface area contributed by atoms with Gasteiger partial charge in [-0.1, -0.05) is 23.2 Å². The van der Waals surface area contributed by atoms with Crippen LogP contribution in [0.5, 0.6) is 23.0 Å². The van der Waals surface area contributed by atoms with E-state index in [0.717, 1.165) is 4.90 Å². The molecule has 174 valence electrons. The molecule has 33 heavy (non-hydrogen) atoms. The number of rotatable bonds is 7. The number of nitrogens with zero attached hydrogens (tertiary/aromatic N) is 1. The zero-order chi connectivity index (χ0) is 24.3. The minimum atomic E-state index is -0.951. The molecule has 1 aliphatic heterocycles. The molecule has 1 heterocycles. The van der Waals surface area contributed by atoms with Gasteiger partial charge < -0.3 is 18.9 Å². The van der Waals surface area contributed by atoms with Crippen molar-refractivity contribution in [2.45, 2.75) is 6.92 Å². The van der Waals surface area contributed by atoms with E-state index in [1.165, 1.54) is 45.6 Å². The molecule has 11 heteroatoms. The summed E-state index contributed by atoms with van der Waals surface area (Å²) in [6.07, 6.45) is 1.30. The molecule has 2 aromatic carbocycles. The van der Waals surface area contributed by atoms with Gasteiger partial charge >= 0.3 is 6.03 Å². The van der Waals surface area contributed by atoms with Crippen molar-refractivity contribution in [2.24, 2.45) is 0 Å². The number of amides is 4. The number of halogens is 2. The Morgan fingerprint density at radius 2 is 1.61 bits per heavy atom. The van der Waals surface area contributed by atoms with Gasteiger partial charge in [-0.15, -0.1) is 0 Å². The van der Waals surface area contributed by atoms with E-state index >= 15 is 0 Å². The number of carbonyl (C=O) groups excluding carboxylic acids is 3. The number of barbiturate groups is 1. The summed E-state index contributed by atoms with van der Waals surface area (Å²) in [6, 6.07) is 4.88. The number of hydrogen-bond acceptors (Lipinski definition) is 7. The third-order valence-electron chi connectivity index (χ3n) is 4.64. The van der Waals surface area contributed by atoms with E-state index in [4.69, 9.17) is 42.1 Å². The molecule has 0 radical (unpaired) electrons. The number of imide groups is 2. The first-order chi connectivity index (χ1) is 15.7. The molecular formula is C22H20Cl2N2O7. The van der Waals surface area contributed by atoms with Crippen LogP contribution in [-0.2, 0) is 9.59 Å². The molecule has 9 nitrogen and oxygen atoms in total. The molecule has 3 rings (SSSR count). The fourth-order valence-corrected chi connectivity index (χ4v) is 3.72. The number of benzene rings is 2. The first-order valence-corrected chi connectivity index (χ1v) is 10.3. The highest BCUT2D eigenvalue weighted by atomic mass is 35.5. The van der Waals surface area contributed by atoms with Crippen molar-refractivity contribution in [1.29, 1.82) is 0 Å². The predicted molar refractivity (Wildman–Crippen MR) is 123 cm³/mol. The van der Waals surface area contributed by atoms with E-state index in [-0.39, 0.29) is 32.8 Å². The van der Waals surface area contributed by atoms with E-state index in [2.05, 4.69) is 5.32 Å². The van der Waals surface area contributed by atoms with Gasteiger partial charge in [0, 0.05) is 12.1 Å². The van der Waals surface area contributed by atoms with Crippen LogP contribution in [0.25, 0.3) is 6.08 Å². The second-order valence-corrected chi connectivity index (χ2v) is 7.40. The van der Waals surface area contributed by atoms with Crippen LogP contribution in [0.3, 0.4) is 0 Å². The smallest absolute Gasteiger partial charge is 0.336 e. The average Bonchev–Trinajstić information content (AvgIpc) is 2.77. The van der Waals surface area contributed by atoms with Crippen LogP contribution >= 0.6 is 23.2 Å². The predicted octanol–water partition coefficient (Wildman–Crippen LogP) is 4.08. The lowest BCUT2D eigenvalue weighted by atomic mass is 10.1. The summed E-state index contributed by atoms with van der Waals surface area (Å²) in [5, 5.41) is 2.58. The largest absolute Gasteiger partial charge is 0.495 e. The lowest BCUT2D eigenvalue weighted by Gasteiger charge is -2.28. The maximum Gasteiger partial charge on any atom is 0.336 e. The first kappa shape index (κ1) is 24.2. The Hall–Kier alpha value is -3.43. The zero-order valence-electron chi connectivity index (χ0n) is 18.2. The fraction of sp³-hybridized carbons (Fsp3) is 0.227. The molecule has 0 aromatic heterocycles. The SMILES string of the molecule is CCOc1cc(/C=C2\C(=O)NC(=O)N(c3cc(OC)c(Cl)cc3OC)C2=O)cc(Cl)c1OC. The highest BCUT2D eigenvalue weighted by molar-refractivity contribution is 6.40. The van der Waals surface area contributed by atoms with Crippen LogP contribution in [-0.4, -0.2) is 45.8 Å². The third kappa shape index (κ3) is 4.69. The van der Waals surface area contributed by atoms with Gasteiger partial charge in [0.15, 0.2) is 11.5 Å². The number of anilines is 1. The molecule has 1 saturated heterocycles. The lowest BCUT2D eigenvalue weighted by molar-refractivity contribution is -0.122. The molecule has 0 spiro atoms. The Labute approximate surface area is 199 Å². The van der Waals surface area contributed by atoms with Gasteiger partial charge in [0.2, 0.25) is 0 Å². The maximum absolute atomic E-state index is 13.3. The Kier molecular flexibility index (Phi) is 7.35. The van der Waals surface area contributed by atoms with Crippen molar-refractivity contribution in [1.82, 2.24) is 5.32 Å². The normalized spacial score (nSPS) is 14.9. The summed E-state index contributed by atoms with van der Waals surface area (Å²) in [5.41, 5.74) is 0.120. The molecule has 0 aliphatic carbocycles. The first-order valence-electron chi connectivity index (χ1n) is 9.58. The monoisotopic (exact) mass is 494 g/mol. The molecule has 1 N–H and O–H groups in total. The summed E-state index contributed by atoms with van der Waals surface area (Å²) in [7, 11) is 4.18. The second-order valence-electron chi connectivity index (χ2n) is 6.58. The van der Waals surface area contributed by atoms with Crippen molar-refractivity contribution in [3.63, 3.8) is 0 Å². The average molecular weight is 495 g/mol. The zero-order valence-corrected chi connectivity index (χ0v) is 19.7. The van der Waals surface area contributed by atoms with E-state index in [1.54, 1.807) is 13.0 Å². The van der Waals surface area contributed by atoms with Gasteiger partial charge in [-0.25, -0.2) is 9.69 Å². The van der Waals surface area contributed by atoms with Crippen molar-refractivity contribution < 1.29 is 33.3 Å². The molecule has 1 fully saturated rings. The number of ether oxygens (including phenoxy) is 4. The quantitative estimate of drug-likeness (QED) is 0.456. The topological polar surface area (TPSA) is 103 Å². The molecule has 2 aromatic rings. The number of methoxy groups -OCH3 is 3. The van der Waals surface area contributed by atoms with Gasteiger partial charge in [-0.2, -0.15) is 0 Å². The Morgan fingerprint density at radius 1 is 0.909 bits per heavy atom. The molecule has 0 bridgehead atoms. The summed E-state index contributed by atoms with van der Waals surface area (Å²) < 4.78 is 21.2. The molecular weight excluding hydrogens is 475 g/mol. The minimum Gasteiger partial charge on any atom is -0.495 e. The number of nitrogens with one attached hydrogen (secondary N) is 1. The van der Waals surface area contributed by atoms with Gasteiger partial charge in [-0.05, 0) is 30.7 Å². The lowest BCUT2D eigenvalue weighted by Crippen LogP contribution is -2.54. The number of hydrogen-bond donors (Lipinski definition) is 1. The van der Waals surface area contributed by atoms with Crippen LogP contribution in [0, 0.1) is 0 Å². The fourth-order valence-electron chi connectivity index (χ4n) is 3.19. The van der Waals surface area contributed by atoms with Crippen LogP contribution in [0.15, 0.2) is 29.8 Å². The second kappa shape index (κ2) is 10.0. The van der Waals surface area contributed by atoms with Crippen molar-refractivity contribution in [3.8, 4) is 23.0 Å². The summed E-state index contributed by atoms with van der Waals surface area (Å²) >= 11 is 12.4. The highest BCUT2D eigenvalue weighted by Gasteiger charge is 2.38. The van der Waals surface area contributed by atoms with Gasteiger partial charge in [0.05, 0.1) is 43.7 Å². The van der Waals surface area contributed by atoms with Crippen LogP contribution in [0.1, 0.15) is 12.5 Å². The van der Waals surface area contributed by atoms with E-state index in [0.29, 0.717) is 23.7 Å². The number of carbonyl (C=O) groups is 3. The Balaban J connectivity index is 2.11. The van der Waals surface area contributed by atoms with Crippen LogP contribution < -0.4 is 29.2 Å².